The smallest absolute Gasteiger partial charge is 0.409 e. The van der Waals surface area contributed by atoms with E-state index in [9.17, 15) is 14.0 Å². The van der Waals surface area contributed by atoms with Crippen molar-refractivity contribution in [2.24, 2.45) is 0 Å². The quantitative estimate of drug-likeness (QED) is 0.921. The van der Waals surface area contributed by atoms with Crippen LogP contribution in [0.5, 0.6) is 0 Å². The van der Waals surface area contributed by atoms with Crippen LogP contribution in [-0.4, -0.2) is 54.9 Å². The first kappa shape index (κ1) is 15.1. The van der Waals surface area contributed by atoms with Crippen LogP contribution in [0, 0.1) is 5.82 Å². The Morgan fingerprint density at radius 3 is 2.48 bits per heavy atom. The molecule has 1 aliphatic heterocycles. The molecule has 7 heteroatoms. The highest BCUT2D eigenvalue weighted by atomic mass is 19.1. The number of rotatable bonds is 3. The third-order valence-corrected chi connectivity index (χ3v) is 3.34. The highest BCUT2D eigenvalue weighted by Gasteiger charge is 2.23. The van der Waals surface area contributed by atoms with Crippen molar-refractivity contribution in [1.29, 1.82) is 0 Å². The van der Waals surface area contributed by atoms with Gasteiger partial charge in [0.1, 0.15) is 5.82 Å². The summed E-state index contributed by atoms with van der Waals surface area (Å²) in [6, 6.07) is 3.84. The Morgan fingerprint density at radius 2 is 1.95 bits per heavy atom. The molecule has 1 heterocycles. The second-order valence-corrected chi connectivity index (χ2v) is 4.64. The van der Waals surface area contributed by atoms with Gasteiger partial charge in [0.05, 0.1) is 17.9 Å². The fraction of sp³-hybridized carbons (Fsp3) is 0.429. The minimum absolute atomic E-state index is 0.0820. The molecule has 1 aliphatic rings. The molecule has 1 saturated heterocycles. The number of aromatic carboxylic acids is 1. The van der Waals surface area contributed by atoms with Gasteiger partial charge < -0.3 is 19.6 Å². The summed E-state index contributed by atoms with van der Waals surface area (Å²) in [4.78, 5) is 25.7. The van der Waals surface area contributed by atoms with Crippen LogP contribution in [0.4, 0.5) is 14.9 Å². The average molecular weight is 296 g/mol. The number of piperazine rings is 1. The first-order chi connectivity index (χ1) is 10.0. The maximum Gasteiger partial charge on any atom is 0.409 e. The summed E-state index contributed by atoms with van der Waals surface area (Å²) in [5.41, 5.74) is 0.268. The largest absolute Gasteiger partial charge is 0.478 e. The fourth-order valence-electron chi connectivity index (χ4n) is 2.24. The minimum atomic E-state index is -1.16. The molecule has 0 atom stereocenters. The minimum Gasteiger partial charge on any atom is -0.478 e. The number of hydrogen-bond donors (Lipinski definition) is 1. The van der Waals surface area contributed by atoms with Gasteiger partial charge in [0.25, 0.3) is 0 Å². The third kappa shape index (κ3) is 3.42. The maximum atomic E-state index is 14.0. The van der Waals surface area contributed by atoms with E-state index >= 15 is 0 Å². The Kier molecular flexibility index (Phi) is 4.62. The number of benzene rings is 1. The zero-order valence-corrected chi connectivity index (χ0v) is 11.7. The summed E-state index contributed by atoms with van der Waals surface area (Å²) < 4.78 is 18.9. The van der Waals surface area contributed by atoms with Crippen molar-refractivity contribution in [2.75, 3.05) is 37.7 Å². The summed E-state index contributed by atoms with van der Waals surface area (Å²) in [6.07, 6.45) is -0.362. The van der Waals surface area contributed by atoms with Crippen molar-refractivity contribution >= 4 is 17.7 Å². The van der Waals surface area contributed by atoms with Crippen LogP contribution in [0.25, 0.3) is 0 Å². The number of nitrogens with zero attached hydrogens (tertiary/aromatic N) is 2. The predicted molar refractivity (Wildman–Crippen MR) is 74.2 cm³/mol. The van der Waals surface area contributed by atoms with Crippen molar-refractivity contribution in [2.45, 2.75) is 6.92 Å². The molecule has 1 N–H and O–H groups in total. The van der Waals surface area contributed by atoms with Crippen LogP contribution in [0.2, 0.25) is 0 Å². The van der Waals surface area contributed by atoms with Crippen molar-refractivity contribution in [1.82, 2.24) is 4.90 Å². The summed E-state index contributed by atoms with van der Waals surface area (Å²) in [5, 5.41) is 8.82. The van der Waals surface area contributed by atoms with Gasteiger partial charge in [-0.15, -0.1) is 0 Å². The molecule has 1 fully saturated rings. The number of anilines is 1. The first-order valence-electron chi connectivity index (χ1n) is 6.72. The molecule has 0 aromatic heterocycles. The predicted octanol–water partition coefficient (Wildman–Crippen LogP) is 1.80. The average Bonchev–Trinajstić information content (AvgIpc) is 2.47. The molecule has 0 bridgehead atoms. The number of carboxylic acids is 1. The lowest BCUT2D eigenvalue weighted by atomic mass is 10.1. The molecule has 0 saturated carbocycles. The van der Waals surface area contributed by atoms with Gasteiger partial charge in [0.15, 0.2) is 0 Å². The molecule has 114 valence electrons. The monoisotopic (exact) mass is 296 g/mol. The number of hydrogen-bond acceptors (Lipinski definition) is 4. The molecule has 1 aromatic carbocycles. The normalized spacial score (nSPS) is 15.0. The second-order valence-electron chi connectivity index (χ2n) is 4.64. The van der Waals surface area contributed by atoms with E-state index in [1.165, 1.54) is 12.1 Å². The van der Waals surface area contributed by atoms with E-state index in [0.29, 0.717) is 38.5 Å². The van der Waals surface area contributed by atoms with Gasteiger partial charge >= 0.3 is 12.1 Å². The van der Waals surface area contributed by atoms with Crippen LogP contribution in [0.3, 0.4) is 0 Å². The Labute approximate surface area is 121 Å². The molecule has 0 spiro atoms. The molecule has 0 aliphatic carbocycles. The third-order valence-electron chi connectivity index (χ3n) is 3.34. The molecule has 2 rings (SSSR count). The fourth-order valence-corrected chi connectivity index (χ4v) is 2.24. The van der Waals surface area contributed by atoms with Crippen molar-refractivity contribution in [3.05, 3.63) is 29.6 Å². The number of amides is 1. The standard InChI is InChI=1S/C14H17FN2O4/c1-2-21-14(20)17-7-5-16(6-8-17)12-4-3-10(13(18)19)9-11(12)15/h3-4,9H,2,5-8H2,1H3,(H,18,19). The lowest BCUT2D eigenvalue weighted by Gasteiger charge is -2.35. The lowest BCUT2D eigenvalue weighted by Crippen LogP contribution is -2.49. The molecule has 0 unspecified atom stereocenters. The molecule has 1 aromatic rings. The molecule has 6 nitrogen and oxygen atoms in total. The molecular formula is C14H17FN2O4. The molecule has 21 heavy (non-hydrogen) atoms. The van der Waals surface area contributed by atoms with Gasteiger partial charge in [0.2, 0.25) is 0 Å². The maximum absolute atomic E-state index is 14.0. The van der Waals surface area contributed by atoms with Crippen LogP contribution in [0.1, 0.15) is 17.3 Å². The zero-order valence-electron chi connectivity index (χ0n) is 11.7. The molecule has 0 radical (unpaired) electrons. The Balaban J connectivity index is 2.02. The number of carbonyl (C=O) groups excluding carboxylic acids is 1. The van der Waals surface area contributed by atoms with E-state index in [-0.39, 0.29) is 11.7 Å². The number of carbonyl (C=O) groups is 2. The van der Waals surface area contributed by atoms with Gasteiger partial charge in [0, 0.05) is 26.2 Å². The highest BCUT2D eigenvalue weighted by molar-refractivity contribution is 5.88. The van der Waals surface area contributed by atoms with E-state index in [0.717, 1.165) is 6.07 Å². The van der Waals surface area contributed by atoms with E-state index in [4.69, 9.17) is 9.84 Å². The zero-order chi connectivity index (χ0) is 15.4. The van der Waals surface area contributed by atoms with Crippen molar-refractivity contribution in [3.63, 3.8) is 0 Å². The molecule has 1 amide bonds. The molecular weight excluding hydrogens is 279 g/mol. The van der Waals surface area contributed by atoms with E-state index in [1.54, 1.807) is 16.7 Å². The first-order valence-corrected chi connectivity index (χ1v) is 6.72. The second kappa shape index (κ2) is 6.43. The topological polar surface area (TPSA) is 70.1 Å². The lowest BCUT2D eigenvalue weighted by molar-refractivity contribution is 0.0696. The van der Waals surface area contributed by atoms with Gasteiger partial charge in [-0.05, 0) is 25.1 Å². The van der Waals surface area contributed by atoms with Crippen LogP contribution in [-0.2, 0) is 4.74 Å². The van der Waals surface area contributed by atoms with Gasteiger partial charge in [-0.2, -0.15) is 0 Å². The van der Waals surface area contributed by atoms with Gasteiger partial charge in [-0.1, -0.05) is 0 Å². The van der Waals surface area contributed by atoms with E-state index < -0.39 is 11.8 Å². The number of ether oxygens (including phenoxy) is 1. The Hall–Kier alpha value is -2.31. The van der Waals surface area contributed by atoms with Crippen molar-refractivity contribution in [3.8, 4) is 0 Å². The van der Waals surface area contributed by atoms with Crippen LogP contribution in [0.15, 0.2) is 18.2 Å². The van der Waals surface area contributed by atoms with Crippen LogP contribution >= 0.6 is 0 Å². The SMILES string of the molecule is CCOC(=O)N1CCN(c2ccc(C(=O)O)cc2F)CC1. The van der Waals surface area contributed by atoms with E-state index in [1.807, 2.05) is 0 Å². The summed E-state index contributed by atoms with van der Waals surface area (Å²) >= 11 is 0. The van der Waals surface area contributed by atoms with Gasteiger partial charge in [-0.3, -0.25) is 0 Å². The summed E-state index contributed by atoms with van der Waals surface area (Å²) in [6.45, 7) is 3.90. The van der Waals surface area contributed by atoms with E-state index in [2.05, 4.69) is 0 Å². The Morgan fingerprint density at radius 1 is 1.29 bits per heavy atom. The van der Waals surface area contributed by atoms with Crippen LogP contribution < -0.4 is 4.90 Å². The van der Waals surface area contributed by atoms with Gasteiger partial charge in [-0.25, -0.2) is 14.0 Å². The van der Waals surface area contributed by atoms with Crippen molar-refractivity contribution < 1.29 is 23.8 Å². The highest BCUT2D eigenvalue weighted by Crippen LogP contribution is 2.22. The summed E-state index contributed by atoms with van der Waals surface area (Å²) in [5.74, 6) is -1.73. The summed E-state index contributed by atoms with van der Waals surface area (Å²) in [7, 11) is 0. The Bertz CT molecular complexity index is 542. The number of halogens is 1. The number of carboxylic acid groups (broad SMARTS) is 1.